The van der Waals surface area contributed by atoms with Gasteiger partial charge in [-0.05, 0) is 37.0 Å². The van der Waals surface area contributed by atoms with E-state index in [1.807, 2.05) is 0 Å². The summed E-state index contributed by atoms with van der Waals surface area (Å²) in [6.45, 7) is 0. The molecule has 1 aromatic carbocycles. The first-order valence-corrected chi connectivity index (χ1v) is 8.23. The van der Waals surface area contributed by atoms with Crippen LogP contribution in [0.25, 0.3) is 0 Å². The number of carboxylic acids is 1. The summed E-state index contributed by atoms with van der Waals surface area (Å²) in [5.41, 5.74) is -0.413. The van der Waals surface area contributed by atoms with Crippen molar-refractivity contribution in [3.8, 4) is 5.75 Å². The van der Waals surface area contributed by atoms with Crippen LogP contribution in [0.4, 0.5) is 4.39 Å². The van der Waals surface area contributed by atoms with Crippen molar-refractivity contribution in [2.24, 2.45) is 0 Å². The van der Waals surface area contributed by atoms with Gasteiger partial charge in [0.15, 0.2) is 11.6 Å². The van der Waals surface area contributed by atoms with Crippen LogP contribution in [0, 0.1) is 5.82 Å². The highest BCUT2D eigenvalue weighted by Crippen LogP contribution is 2.33. The Balaban J connectivity index is 2.03. The summed E-state index contributed by atoms with van der Waals surface area (Å²) in [7, 11) is 2.96. The molecule has 0 aliphatic heterocycles. The van der Waals surface area contributed by atoms with Gasteiger partial charge in [0.1, 0.15) is 5.54 Å². The van der Waals surface area contributed by atoms with E-state index in [9.17, 15) is 19.1 Å². The van der Waals surface area contributed by atoms with Gasteiger partial charge in [0, 0.05) is 13.5 Å². The summed E-state index contributed by atoms with van der Waals surface area (Å²) < 4.78 is 18.6. The van der Waals surface area contributed by atoms with Crippen molar-refractivity contribution >= 4 is 11.9 Å². The summed E-state index contributed by atoms with van der Waals surface area (Å²) in [6.07, 6.45) is 4.12. The van der Waals surface area contributed by atoms with Crippen LogP contribution in [0.3, 0.4) is 0 Å². The Kier molecular flexibility index (Phi) is 5.80. The number of amides is 1. The van der Waals surface area contributed by atoms with Gasteiger partial charge >= 0.3 is 5.97 Å². The van der Waals surface area contributed by atoms with Crippen molar-refractivity contribution in [1.82, 2.24) is 4.90 Å². The van der Waals surface area contributed by atoms with Gasteiger partial charge in [-0.25, -0.2) is 9.18 Å². The lowest BCUT2D eigenvalue weighted by Gasteiger charge is -2.41. The smallest absolute Gasteiger partial charge is 0.329 e. The third kappa shape index (κ3) is 3.68. The Labute approximate surface area is 141 Å². The number of methoxy groups -OCH3 is 1. The zero-order chi connectivity index (χ0) is 17.7. The second-order valence-electron chi connectivity index (χ2n) is 6.32. The molecule has 5 nitrogen and oxygen atoms in total. The van der Waals surface area contributed by atoms with Gasteiger partial charge in [-0.1, -0.05) is 25.3 Å². The second-order valence-corrected chi connectivity index (χ2v) is 6.32. The van der Waals surface area contributed by atoms with Crippen molar-refractivity contribution in [3.05, 3.63) is 29.6 Å². The van der Waals surface area contributed by atoms with Crippen LogP contribution >= 0.6 is 0 Å². The van der Waals surface area contributed by atoms with E-state index in [0.717, 1.165) is 19.3 Å². The molecule has 0 saturated heterocycles. The molecule has 6 heteroatoms. The summed E-state index contributed by atoms with van der Waals surface area (Å²) >= 11 is 0. The Morgan fingerprint density at radius 2 is 1.96 bits per heavy atom. The summed E-state index contributed by atoms with van der Waals surface area (Å²) in [5, 5.41) is 9.63. The minimum absolute atomic E-state index is 0.150. The SMILES string of the molecule is COc1ccc(CCC(=O)N(C)C2(C(=O)O)CCCCC2)cc1F. The van der Waals surface area contributed by atoms with Gasteiger partial charge in [-0.15, -0.1) is 0 Å². The molecule has 1 aliphatic rings. The molecule has 0 radical (unpaired) electrons. The number of halogens is 1. The van der Waals surface area contributed by atoms with Crippen LogP contribution in [0.1, 0.15) is 44.1 Å². The van der Waals surface area contributed by atoms with Crippen molar-refractivity contribution in [2.45, 2.75) is 50.5 Å². The quantitative estimate of drug-likeness (QED) is 0.866. The zero-order valence-electron chi connectivity index (χ0n) is 14.2. The molecular formula is C18H24FNO4. The van der Waals surface area contributed by atoms with Crippen molar-refractivity contribution in [2.75, 3.05) is 14.2 Å². The summed E-state index contributed by atoms with van der Waals surface area (Å²) in [5.74, 6) is -1.47. The molecule has 0 spiro atoms. The summed E-state index contributed by atoms with van der Waals surface area (Å²) in [4.78, 5) is 25.6. The molecule has 1 aliphatic carbocycles. The molecule has 0 bridgehead atoms. The molecule has 1 saturated carbocycles. The fourth-order valence-corrected chi connectivity index (χ4v) is 3.35. The molecular weight excluding hydrogens is 313 g/mol. The molecule has 1 N–H and O–H groups in total. The lowest BCUT2D eigenvalue weighted by atomic mass is 9.80. The molecule has 2 rings (SSSR count). The molecule has 1 aromatic rings. The Bertz CT molecular complexity index is 611. The van der Waals surface area contributed by atoms with E-state index < -0.39 is 17.3 Å². The second kappa shape index (κ2) is 7.64. The van der Waals surface area contributed by atoms with Crippen LogP contribution < -0.4 is 4.74 Å². The number of likely N-dealkylation sites (N-methyl/N-ethyl adjacent to an activating group) is 1. The van der Waals surface area contributed by atoms with Crippen LogP contribution in [0.2, 0.25) is 0 Å². The summed E-state index contributed by atoms with van der Waals surface area (Å²) in [6, 6.07) is 4.58. The number of aryl methyl sites for hydroxylation is 1. The lowest BCUT2D eigenvalue weighted by Crippen LogP contribution is -2.56. The van der Waals surface area contributed by atoms with Gasteiger partial charge < -0.3 is 14.7 Å². The first kappa shape index (κ1) is 18.2. The number of carbonyl (C=O) groups excluding carboxylic acids is 1. The normalized spacial score (nSPS) is 16.5. The van der Waals surface area contributed by atoms with Crippen molar-refractivity contribution < 1.29 is 23.8 Å². The number of hydrogen-bond donors (Lipinski definition) is 1. The predicted octanol–water partition coefficient (Wildman–Crippen LogP) is 3.01. The fraction of sp³-hybridized carbons (Fsp3) is 0.556. The predicted molar refractivity (Wildman–Crippen MR) is 87.5 cm³/mol. The van der Waals surface area contributed by atoms with E-state index >= 15 is 0 Å². The molecule has 0 heterocycles. The Hall–Kier alpha value is -2.11. The van der Waals surface area contributed by atoms with Gasteiger partial charge in [0.2, 0.25) is 5.91 Å². The third-order valence-electron chi connectivity index (χ3n) is 4.94. The van der Waals surface area contributed by atoms with E-state index in [-0.39, 0.29) is 18.1 Å². The van der Waals surface area contributed by atoms with E-state index in [4.69, 9.17) is 4.74 Å². The highest BCUT2D eigenvalue weighted by molar-refractivity contribution is 5.87. The Morgan fingerprint density at radius 1 is 1.29 bits per heavy atom. The molecule has 0 aromatic heterocycles. The standard InChI is InChI=1S/C18H24FNO4/c1-20(18(17(22)23)10-4-3-5-11-18)16(21)9-7-13-6-8-15(24-2)14(19)12-13/h6,8,12H,3-5,7,9-11H2,1-2H3,(H,22,23). The molecule has 1 fully saturated rings. The molecule has 1 amide bonds. The van der Waals surface area contributed by atoms with Gasteiger partial charge in [-0.2, -0.15) is 0 Å². The van der Waals surface area contributed by atoms with Gasteiger partial charge in [0.25, 0.3) is 0 Å². The van der Waals surface area contributed by atoms with Gasteiger partial charge in [0.05, 0.1) is 7.11 Å². The average molecular weight is 337 g/mol. The monoisotopic (exact) mass is 337 g/mol. The molecule has 24 heavy (non-hydrogen) atoms. The number of carbonyl (C=O) groups is 2. The van der Waals surface area contributed by atoms with Crippen molar-refractivity contribution in [3.63, 3.8) is 0 Å². The number of nitrogens with zero attached hydrogens (tertiary/aromatic N) is 1. The maximum absolute atomic E-state index is 13.7. The number of aliphatic carboxylic acids is 1. The lowest BCUT2D eigenvalue weighted by molar-refractivity contribution is -0.160. The zero-order valence-corrected chi connectivity index (χ0v) is 14.2. The minimum Gasteiger partial charge on any atom is -0.494 e. The highest BCUT2D eigenvalue weighted by atomic mass is 19.1. The van der Waals surface area contributed by atoms with Crippen LogP contribution in [0.5, 0.6) is 5.75 Å². The van der Waals surface area contributed by atoms with Gasteiger partial charge in [-0.3, -0.25) is 4.79 Å². The number of benzene rings is 1. The molecule has 132 valence electrons. The first-order chi connectivity index (χ1) is 11.4. The van der Waals surface area contributed by atoms with E-state index in [2.05, 4.69) is 0 Å². The first-order valence-electron chi connectivity index (χ1n) is 8.23. The minimum atomic E-state index is -1.10. The Morgan fingerprint density at radius 3 is 2.50 bits per heavy atom. The maximum atomic E-state index is 13.7. The van der Waals surface area contributed by atoms with E-state index in [1.165, 1.54) is 24.1 Å². The number of carboxylic acid groups (broad SMARTS) is 1. The largest absolute Gasteiger partial charge is 0.494 e. The van der Waals surface area contributed by atoms with E-state index in [1.54, 1.807) is 13.1 Å². The molecule has 0 atom stereocenters. The molecule has 0 unspecified atom stereocenters. The van der Waals surface area contributed by atoms with E-state index in [0.29, 0.717) is 24.8 Å². The van der Waals surface area contributed by atoms with Crippen molar-refractivity contribution in [1.29, 1.82) is 0 Å². The maximum Gasteiger partial charge on any atom is 0.329 e. The van der Waals surface area contributed by atoms with Crippen LogP contribution in [-0.2, 0) is 16.0 Å². The number of hydrogen-bond acceptors (Lipinski definition) is 3. The average Bonchev–Trinajstić information content (AvgIpc) is 2.59. The van der Waals surface area contributed by atoms with Crippen LogP contribution in [0.15, 0.2) is 18.2 Å². The fourth-order valence-electron chi connectivity index (χ4n) is 3.35. The third-order valence-corrected chi connectivity index (χ3v) is 4.94. The highest BCUT2D eigenvalue weighted by Gasteiger charge is 2.45. The number of rotatable bonds is 6. The topological polar surface area (TPSA) is 66.8 Å². The number of ether oxygens (including phenoxy) is 1. The van der Waals surface area contributed by atoms with Crippen LogP contribution in [-0.4, -0.2) is 41.6 Å².